The van der Waals surface area contributed by atoms with Crippen molar-refractivity contribution in [3.8, 4) is 0 Å². The van der Waals surface area contributed by atoms with Crippen molar-refractivity contribution in [2.45, 2.75) is 59.4 Å². The first-order valence-electron chi connectivity index (χ1n) is 8.21. The molecule has 0 aliphatic carbocycles. The van der Waals surface area contributed by atoms with Gasteiger partial charge in [0.05, 0.1) is 0 Å². The lowest BCUT2D eigenvalue weighted by atomic mass is 10.1. The maximum atomic E-state index is 5.84. The number of hydrogen-bond acceptors (Lipinski definition) is 5. The van der Waals surface area contributed by atoms with Crippen LogP contribution in [0.5, 0.6) is 0 Å². The van der Waals surface area contributed by atoms with E-state index in [1.165, 1.54) is 6.42 Å². The molecule has 5 nitrogen and oxygen atoms in total. The number of hydrogen-bond donors (Lipinski definition) is 2. The lowest BCUT2D eigenvalue weighted by Gasteiger charge is -2.20. The first-order chi connectivity index (χ1) is 10.1. The van der Waals surface area contributed by atoms with Crippen molar-refractivity contribution in [2.75, 3.05) is 30.7 Å². The molecule has 1 rings (SSSR count). The Balaban J connectivity index is 2.45. The van der Waals surface area contributed by atoms with Gasteiger partial charge in [0.2, 0.25) is 0 Å². The second-order valence-electron chi connectivity index (χ2n) is 5.56. The van der Waals surface area contributed by atoms with Crippen LogP contribution in [0.4, 0.5) is 11.6 Å². The van der Waals surface area contributed by atoms with E-state index in [1.54, 1.807) is 0 Å². The first kappa shape index (κ1) is 17.7. The third-order valence-electron chi connectivity index (χ3n) is 3.67. The van der Waals surface area contributed by atoms with E-state index < -0.39 is 0 Å². The summed E-state index contributed by atoms with van der Waals surface area (Å²) in [7, 11) is 0. The number of nitrogens with zero attached hydrogens (tertiary/aromatic N) is 3. The summed E-state index contributed by atoms with van der Waals surface area (Å²) in [5, 5.41) is 3.44. The van der Waals surface area contributed by atoms with Crippen LogP contribution in [-0.2, 0) is 6.42 Å². The Morgan fingerprint density at radius 2 is 1.95 bits per heavy atom. The van der Waals surface area contributed by atoms with Crippen molar-refractivity contribution in [1.29, 1.82) is 0 Å². The minimum Gasteiger partial charge on any atom is -0.384 e. The van der Waals surface area contributed by atoms with Crippen LogP contribution in [0, 0.1) is 0 Å². The Kier molecular flexibility index (Phi) is 8.05. The number of nitrogens with one attached hydrogen (secondary N) is 1. The summed E-state index contributed by atoms with van der Waals surface area (Å²) in [5.41, 5.74) is 5.84. The number of aryl methyl sites for hydroxylation is 1. The van der Waals surface area contributed by atoms with Gasteiger partial charge in [0.15, 0.2) is 0 Å². The van der Waals surface area contributed by atoms with Crippen LogP contribution < -0.4 is 11.1 Å². The summed E-state index contributed by atoms with van der Waals surface area (Å²) in [4.78, 5) is 11.2. The maximum absolute atomic E-state index is 5.84. The maximum Gasteiger partial charge on any atom is 0.133 e. The molecular formula is C16H31N5. The molecule has 1 aromatic rings. The molecule has 0 fully saturated rings. The average Bonchev–Trinajstić information content (AvgIpc) is 2.43. The average molecular weight is 293 g/mol. The number of aromatic nitrogens is 2. The predicted octanol–water partition coefficient (Wildman–Crippen LogP) is 2.93. The molecule has 0 saturated carbocycles. The van der Waals surface area contributed by atoms with Gasteiger partial charge in [-0.15, -0.1) is 0 Å². The fraction of sp³-hybridized carbons (Fsp3) is 0.750. The summed E-state index contributed by atoms with van der Waals surface area (Å²) < 4.78 is 0. The molecule has 0 spiro atoms. The highest BCUT2D eigenvalue weighted by molar-refractivity contribution is 5.45. The minimum atomic E-state index is 0.393. The van der Waals surface area contributed by atoms with Crippen LogP contribution in [0.3, 0.4) is 0 Å². The molecule has 0 aromatic carbocycles. The molecule has 21 heavy (non-hydrogen) atoms. The zero-order valence-corrected chi connectivity index (χ0v) is 14.0. The Morgan fingerprint density at radius 3 is 2.57 bits per heavy atom. The largest absolute Gasteiger partial charge is 0.384 e. The molecule has 5 heteroatoms. The molecule has 1 aromatic heterocycles. The van der Waals surface area contributed by atoms with E-state index in [9.17, 15) is 0 Å². The molecule has 1 heterocycles. The monoisotopic (exact) mass is 293 g/mol. The van der Waals surface area contributed by atoms with Gasteiger partial charge in [-0.25, -0.2) is 9.97 Å². The first-order valence-corrected chi connectivity index (χ1v) is 8.21. The summed E-state index contributed by atoms with van der Waals surface area (Å²) in [6.07, 6.45) is 4.22. The van der Waals surface area contributed by atoms with Crippen LogP contribution in [0.15, 0.2) is 6.07 Å². The molecule has 120 valence electrons. The van der Waals surface area contributed by atoms with Crippen LogP contribution in [0.25, 0.3) is 0 Å². The predicted molar refractivity (Wildman–Crippen MR) is 90.5 cm³/mol. The zero-order valence-electron chi connectivity index (χ0n) is 14.0. The van der Waals surface area contributed by atoms with E-state index in [-0.39, 0.29) is 0 Å². The Morgan fingerprint density at radius 1 is 1.24 bits per heavy atom. The number of anilines is 2. The zero-order chi connectivity index (χ0) is 15.7. The molecule has 0 bridgehead atoms. The van der Waals surface area contributed by atoms with Gasteiger partial charge < -0.3 is 16.0 Å². The summed E-state index contributed by atoms with van der Waals surface area (Å²) in [5.74, 6) is 2.22. The van der Waals surface area contributed by atoms with Gasteiger partial charge in [0.1, 0.15) is 17.5 Å². The third kappa shape index (κ3) is 6.76. The van der Waals surface area contributed by atoms with Gasteiger partial charge in [-0.05, 0) is 45.8 Å². The van der Waals surface area contributed by atoms with Gasteiger partial charge >= 0.3 is 0 Å². The van der Waals surface area contributed by atoms with Gasteiger partial charge in [-0.3, -0.25) is 0 Å². The Hall–Kier alpha value is -1.36. The van der Waals surface area contributed by atoms with E-state index in [0.29, 0.717) is 11.9 Å². The molecule has 3 N–H and O–H groups in total. The fourth-order valence-corrected chi connectivity index (χ4v) is 2.41. The molecular weight excluding hydrogens is 262 g/mol. The highest BCUT2D eigenvalue weighted by atomic mass is 15.1. The molecule has 1 atom stereocenters. The molecule has 0 aliphatic rings. The summed E-state index contributed by atoms with van der Waals surface area (Å²) >= 11 is 0. The second-order valence-corrected chi connectivity index (χ2v) is 5.56. The normalized spacial score (nSPS) is 12.6. The van der Waals surface area contributed by atoms with Crippen molar-refractivity contribution in [1.82, 2.24) is 14.9 Å². The van der Waals surface area contributed by atoms with Crippen molar-refractivity contribution < 1.29 is 0 Å². The molecule has 1 unspecified atom stereocenters. The molecule has 0 amide bonds. The lowest BCUT2D eigenvalue weighted by molar-refractivity contribution is 0.295. The quantitative estimate of drug-likeness (QED) is 0.694. The topological polar surface area (TPSA) is 67.1 Å². The lowest BCUT2D eigenvalue weighted by Crippen LogP contribution is -2.25. The summed E-state index contributed by atoms with van der Waals surface area (Å²) in [6, 6.07) is 2.21. The Labute approximate surface area is 129 Å². The highest BCUT2D eigenvalue weighted by Crippen LogP contribution is 2.12. The SMILES string of the molecule is CCCc1nc(N)cc(NC(C)CCCN(CC)CC)n1. The second kappa shape index (κ2) is 9.55. The number of rotatable bonds is 10. The smallest absolute Gasteiger partial charge is 0.133 e. The standard InChI is InChI=1S/C16H31N5/c1-5-9-15-19-14(17)12-16(20-15)18-13(4)10-8-11-21(6-2)7-3/h12-13H,5-11H2,1-4H3,(H3,17,18,19,20). The molecule has 0 radical (unpaired) electrons. The minimum absolute atomic E-state index is 0.393. The van der Waals surface area contributed by atoms with E-state index in [1.807, 2.05) is 6.07 Å². The van der Waals surface area contributed by atoms with E-state index in [4.69, 9.17) is 5.73 Å². The van der Waals surface area contributed by atoms with Crippen molar-refractivity contribution in [3.05, 3.63) is 11.9 Å². The van der Waals surface area contributed by atoms with Crippen LogP contribution in [-0.4, -0.2) is 40.5 Å². The van der Waals surface area contributed by atoms with Crippen molar-refractivity contribution in [3.63, 3.8) is 0 Å². The van der Waals surface area contributed by atoms with Gasteiger partial charge in [0.25, 0.3) is 0 Å². The van der Waals surface area contributed by atoms with Crippen molar-refractivity contribution >= 4 is 11.6 Å². The Bertz CT molecular complexity index is 404. The van der Waals surface area contributed by atoms with E-state index in [2.05, 4.69) is 47.9 Å². The van der Waals surface area contributed by atoms with Crippen LogP contribution >= 0.6 is 0 Å². The number of nitrogens with two attached hydrogens (primary N) is 1. The van der Waals surface area contributed by atoms with Crippen LogP contribution in [0.2, 0.25) is 0 Å². The van der Waals surface area contributed by atoms with E-state index >= 15 is 0 Å². The number of nitrogen functional groups attached to an aromatic ring is 1. The van der Waals surface area contributed by atoms with Crippen LogP contribution in [0.1, 0.15) is 52.8 Å². The fourth-order valence-electron chi connectivity index (χ4n) is 2.41. The van der Waals surface area contributed by atoms with Gasteiger partial charge in [0, 0.05) is 18.5 Å². The summed E-state index contributed by atoms with van der Waals surface area (Å²) in [6.45, 7) is 12.2. The molecule has 0 saturated heterocycles. The van der Waals surface area contributed by atoms with Gasteiger partial charge in [-0.2, -0.15) is 0 Å². The molecule has 0 aliphatic heterocycles. The third-order valence-corrected chi connectivity index (χ3v) is 3.67. The van der Waals surface area contributed by atoms with E-state index in [0.717, 1.165) is 50.5 Å². The highest BCUT2D eigenvalue weighted by Gasteiger charge is 2.07. The van der Waals surface area contributed by atoms with Crippen molar-refractivity contribution in [2.24, 2.45) is 0 Å². The van der Waals surface area contributed by atoms with Gasteiger partial charge in [-0.1, -0.05) is 20.8 Å².